The zero-order valence-corrected chi connectivity index (χ0v) is 11.4. The van der Waals surface area contributed by atoms with Crippen LogP contribution in [-0.4, -0.2) is 23.0 Å². The Balaban J connectivity index is 2.02. The molecular formula is C18H19NO. The lowest BCUT2D eigenvalue weighted by Crippen LogP contribution is -2.19. The lowest BCUT2D eigenvalue weighted by molar-refractivity contribution is 0.166. The molecule has 0 heterocycles. The van der Waals surface area contributed by atoms with Crippen LogP contribution in [0.25, 0.3) is 0 Å². The number of nitrogens with zero attached hydrogens (tertiary/aromatic N) is 1. The molecule has 20 heavy (non-hydrogen) atoms. The molecule has 102 valence electrons. The Bertz CT molecular complexity index is 535. The fourth-order valence-electron chi connectivity index (χ4n) is 2.75. The summed E-state index contributed by atoms with van der Waals surface area (Å²) in [7, 11) is 0. The highest BCUT2D eigenvalue weighted by molar-refractivity contribution is 6.12. The summed E-state index contributed by atoms with van der Waals surface area (Å²) in [4.78, 5) is 4.86. The predicted molar refractivity (Wildman–Crippen MR) is 82.2 cm³/mol. The Morgan fingerprint density at radius 3 is 1.85 bits per heavy atom. The first-order valence-corrected chi connectivity index (χ1v) is 7.21. The number of rotatable bonds is 3. The second-order valence-corrected chi connectivity index (χ2v) is 5.28. The summed E-state index contributed by atoms with van der Waals surface area (Å²) in [6.07, 6.45) is 2.61. The molecule has 0 bridgehead atoms. The first kappa shape index (κ1) is 13.1. The van der Waals surface area contributed by atoms with E-state index in [1.807, 2.05) is 36.4 Å². The van der Waals surface area contributed by atoms with Crippen molar-refractivity contribution in [3.63, 3.8) is 0 Å². The van der Waals surface area contributed by atoms with Crippen molar-refractivity contribution in [2.45, 2.75) is 31.4 Å². The van der Waals surface area contributed by atoms with Crippen LogP contribution < -0.4 is 0 Å². The highest BCUT2D eigenvalue weighted by atomic mass is 16.3. The van der Waals surface area contributed by atoms with Gasteiger partial charge in [0.05, 0.1) is 17.9 Å². The molecule has 2 atom stereocenters. The summed E-state index contributed by atoms with van der Waals surface area (Å²) in [5, 5.41) is 10.0. The molecule has 0 amide bonds. The van der Waals surface area contributed by atoms with Gasteiger partial charge in [-0.05, 0) is 19.3 Å². The lowest BCUT2D eigenvalue weighted by Gasteiger charge is -2.14. The van der Waals surface area contributed by atoms with E-state index in [1.165, 1.54) is 0 Å². The average Bonchev–Trinajstić information content (AvgIpc) is 2.92. The van der Waals surface area contributed by atoms with E-state index in [2.05, 4.69) is 24.3 Å². The zero-order chi connectivity index (χ0) is 13.8. The van der Waals surface area contributed by atoms with Gasteiger partial charge in [-0.1, -0.05) is 60.7 Å². The monoisotopic (exact) mass is 265 g/mol. The Labute approximate surface area is 119 Å². The van der Waals surface area contributed by atoms with Crippen LogP contribution in [0.4, 0.5) is 0 Å². The number of aliphatic imine (C=N–C) groups is 1. The molecule has 2 nitrogen and oxygen atoms in total. The molecule has 1 saturated carbocycles. The quantitative estimate of drug-likeness (QED) is 0.847. The maximum Gasteiger partial charge on any atom is 0.0766 e. The largest absolute Gasteiger partial charge is 0.391 e. The van der Waals surface area contributed by atoms with Crippen molar-refractivity contribution in [1.82, 2.24) is 0 Å². The lowest BCUT2D eigenvalue weighted by atomic mass is 10.0. The van der Waals surface area contributed by atoms with Gasteiger partial charge in [0.25, 0.3) is 0 Å². The molecule has 2 heteroatoms. The van der Waals surface area contributed by atoms with Gasteiger partial charge >= 0.3 is 0 Å². The zero-order valence-electron chi connectivity index (χ0n) is 11.4. The molecule has 2 aromatic rings. The van der Waals surface area contributed by atoms with Gasteiger partial charge in [0, 0.05) is 11.1 Å². The van der Waals surface area contributed by atoms with Gasteiger partial charge in [-0.25, -0.2) is 0 Å². The minimum atomic E-state index is -0.294. The summed E-state index contributed by atoms with van der Waals surface area (Å²) < 4.78 is 0. The number of benzene rings is 2. The topological polar surface area (TPSA) is 32.6 Å². The van der Waals surface area contributed by atoms with Crippen LogP contribution in [0.2, 0.25) is 0 Å². The van der Waals surface area contributed by atoms with Crippen molar-refractivity contribution in [3.8, 4) is 0 Å². The van der Waals surface area contributed by atoms with Crippen molar-refractivity contribution < 1.29 is 5.11 Å². The maximum atomic E-state index is 10.0. The minimum absolute atomic E-state index is 0.0328. The molecule has 0 spiro atoms. The van der Waals surface area contributed by atoms with E-state index in [0.29, 0.717) is 0 Å². The van der Waals surface area contributed by atoms with Crippen molar-refractivity contribution in [1.29, 1.82) is 0 Å². The summed E-state index contributed by atoms with van der Waals surface area (Å²) in [5.74, 6) is 0. The first-order valence-electron chi connectivity index (χ1n) is 7.21. The minimum Gasteiger partial charge on any atom is -0.391 e. The van der Waals surface area contributed by atoms with Gasteiger partial charge in [0.1, 0.15) is 0 Å². The SMILES string of the molecule is O[C@H]1CCC[C@H]1N=C(c1ccccc1)c1ccccc1. The molecule has 0 aliphatic heterocycles. The molecule has 0 unspecified atom stereocenters. The van der Waals surface area contributed by atoms with Crippen LogP contribution in [0.3, 0.4) is 0 Å². The van der Waals surface area contributed by atoms with Crippen molar-refractivity contribution in [2.24, 2.45) is 4.99 Å². The average molecular weight is 265 g/mol. The van der Waals surface area contributed by atoms with Gasteiger partial charge in [-0.3, -0.25) is 4.99 Å². The van der Waals surface area contributed by atoms with Crippen LogP contribution in [-0.2, 0) is 0 Å². The van der Waals surface area contributed by atoms with Crippen LogP contribution in [0, 0.1) is 0 Å². The predicted octanol–water partition coefficient (Wildman–Crippen LogP) is 3.44. The molecule has 0 radical (unpaired) electrons. The first-order chi connectivity index (χ1) is 9.84. The third kappa shape index (κ3) is 2.81. The summed E-state index contributed by atoms with van der Waals surface area (Å²) >= 11 is 0. The highest BCUT2D eigenvalue weighted by Gasteiger charge is 2.25. The van der Waals surface area contributed by atoms with E-state index in [4.69, 9.17) is 4.99 Å². The Hall–Kier alpha value is -1.93. The molecule has 0 saturated heterocycles. The van der Waals surface area contributed by atoms with Crippen molar-refractivity contribution >= 4 is 5.71 Å². The second-order valence-electron chi connectivity index (χ2n) is 5.28. The molecular weight excluding hydrogens is 246 g/mol. The van der Waals surface area contributed by atoms with Crippen LogP contribution >= 0.6 is 0 Å². The van der Waals surface area contributed by atoms with E-state index in [1.54, 1.807) is 0 Å². The van der Waals surface area contributed by atoms with E-state index in [9.17, 15) is 5.11 Å². The maximum absolute atomic E-state index is 10.0. The summed E-state index contributed by atoms with van der Waals surface area (Å²) in [5.41, 5.74) is 3.20. The Kier molecular flexibility index (Phi) is 3.93. The molecule has 1 aliphatic carbocycles. The van der Waals surface area contributed by atoms with Gasteiger partial charge in [-0.2, -0.15) is 0 Å². The van der Waals surface area contributed by atoms with E-state index < -0.39 is 0 Å². The highest BCUT2D eigenvalue weighted by Crippen LogP contribution is 2.24. The van der Waals surface area contributed by atoms with Gasteiger partial charge in [0.15, 0.2) is 0 Å². The van der Waals surface area contributed by atoms with E-state index in [0.717, 1.165) is 36.1 Å². The smallest absolute Gasteiger partial charge is 0.0766 e. The van der Waals surface area contributed by atoms with Crippen LogP contribution in [0.1, 0.15) is 30.4 Å². The number of aliphatic hydroxyl groups excluding tert-OH is 1. The third-order valence-corrected chi connectivity index (χ3v) is 3.83. The molecule has 3 rings (SSSR count). The standard InChI is InChI=1S/C18H19NO/c20-17-13-7-12-16(17)19-18(14-8-3-1-4-9-14)15-10-5-2-6-11-15/h1-6,8-11,16-17,20H,7,12-13H2/t16-,17+/m1/s1. The molecule has 2 aromatic carbocycles. The second kappa shape index (κ2) is 6.02. The third-order valence-electron chi connectivity index (χ3n) is 3.83. The summed E-state index contributed by atoms with van der Waals surface area (Å²) in [6, 6.07) is 20.5. The fourth-order valence-corrected chi connectivity index (χ4v) is 2.75. The molecule has 1 aliphatic rings. The van der Waals surface area contributed by atoms with Gasteiger partial charge in [0.2, 0.25) is 0 Å². The van der Waals surface area contributed by atoms with Crippen LogP contribution in [0.15, 0.2) is 65.7 Å². The van der Waals surface area contributed by atoms with Gasteiger partial charge < -0.3 is 5.11 Å². The van der Waals surface area contributed by atoms with Gasteiger partial charge in [-0.15, -0.1) is 0 Å². The Morgan fingerprint density at radius 2 is 1.40 bits per heavy atom. The van der Waals surface area contributed by atoms with Crippen LogP contribution in [0.5, 0.6) is 0 Å². The molecule has 1 fully saturated rings. The van der Waals surface area contributed by atoms with Crippen molar-refractivity contribution in [3.05, 3.63) is 71.8 Å². The van der Waals surface area contributed by atoms with E-state index >= 15 is 0 Å². The summed E-state index contributed by atoms with van der Waals surface area (Å²) in [6.45, 7) is 0. The normalized spacial score (nSPS) is 21.6. The van der Waals surface area contributed by atoms with E-state index in [-0.39, 0.29) is 12.1 Å². The Morgan fingerprint density at radius 1 is 0.850 bits per heavy atom. The molecule has 1 N–H and O–H groups in total. The fraction of sp³-hybridized carbons (Fsp3) is 0.278. The number of hydrogen-bond acceptors (Lipinski definition) is 2. The van der Waals surface area contributed by atoms with Crippen molar-refractivity contribution in [2.75, 3.05) is 0 Å². The molecule has 0 aromatic heterocycles. The number of aliphatic hydroxyl groups is 1. The number of hydrogen-bond donors (Lipinski definition) is 1.